The van der Waals surface area contributed by atoms with Crippen LogP contribution in [0.4, 0.5) is 0 Å². The summed E-state index contributed by atoms with van der Waals surface area (Å²) in [5, 5.41) is 0. The van der Waals surface area contributed by atoms with Gasteiger partial charge in [-0.25, -0.2) is 0 Å². The topological polar surface area (TPSA) is 38.5 Å². The van der Waals surface area contributed by atoms with E-state index >= 15 is 0 Å². The van der Waals surface area contributed by atoms with Crippen LogP contribution in [0.5, 0.6) is 0 Å². The van der Waals surface area contributed by atoms with Crippen molar-refractivity contribution in [2.45, 2.75) is 31.3 Å². The zero-order chi connectivity index (χ0) is 8.97. The molecule has 0 aromatic heterocycles. The molecule has 0 aromatic carbocycles. The maximum atomic E-state index is 5.97. The second kappa shape index (κ2) is 4.80. The van der Waals surface area contributed by atoms with Gasteiger partial charge in [0.1, 0.15) is 0 Å². The number of hydrogen-bond donors (Lipinski definition) is 1. The minimum absolute atomic E-state index is 0.381. The monoisotopic (exact) mass is 172 g/mol. The van der Waals surface area contributed by atoms with E-state index in [1.807, 2.05) is 0 Å². The third-order valence-electron chi connectivity index (χ3n) is 2.75. The van der Waals surface area contributed by atoms with Crippen LogP contribution in [-0.4, -0.2) is 44.3 Å². The SMILES string of the molecule is COCCN(C)C1CCCC1N. The Morgan fingerprint density at radius 2 is 2.25 bits per heavy atom. The molecule has 1 fully saturated rings. The number of nitrogens with two attached hydrogens (primary N) is 1. The minimum atomic E-state index is 0.381. The number of hydrogen-bond acceptors (Lipinski definition) is 3. The largest absolute Gasteiger partial charge is 0.383 e. The van der Waals surface area contributed by atoms with Gasteiger partial charge in [0.05, 0.1) is 6.61 Å². The van der Waals surface area contributed by atoms with E-state index < -0.39 is 0 Å². The molecule has 0 bridgehead atoms. The van der Waals surface area contributed by atoms with Crippen LogP contribution in [0.25, 0.3) is 0 Å². The molecule has 3 heteroatoms. The first kappa shape index (κ1) is 9.96. The maximum Gasteiger partial charge on any atom is 0.0589 e. The Morgan fingerprint density at radius 3 is 2.75 bits per heavy atom. The maximum absolute atomic E-state index is 5.97. The van der Waals surface area contributed by atoms with E-state index in [0.29, 0.717) is 12.1 Å². The first-order valence-corrected chi connectivity index (χ1v) is 4.70. The van der Waals surface area contributed by atoms with Crippen molar-refractivity contribution in [2.75, 3.05) is 27.3 Å². The molecule has 1 aliphatic carbocycles. The summed E-state index contributed by atoms with van der Waals surface area (Å²) in [6.07, 6.45) is 3.71. The highest BCUT2D eigenvalue weighted by Gasteiger charge is 2.26. The van der Waals surface area contributed by atoms with Crippen molar-refractivity contribution in [1.29, 1.82) is 0 Å². The highest BCUT2D eigenvalue weighted by molar-refractivity contribution is 4.86. The van der Waals surface area contributed by atoms with E-state index in [9.17, 15) is 0 Å². The number of likely N-dealkylation sites (N-methyl/N-ethyl adjacent to an activating group) is 1. The fraction of sp³-hybridized carbons (Fsp3) is 1.00. The van der Waals surface area contributed by atoms with E-state index in [0.717, 1.165) is 13.2 Å². The van der Waals surface area contributed by atoms with Crippen molar-refractivity contribution < 1.29 is 4.74 Å². The molecule has 0 saturated heterocycles. The zero-order valence-corrected chi connectivity index (χ0v) is 8.12. The van der Waals surface area contributed by atoms with Crippen LogP contribution in [0.15, 0.2) is 0 Å². The molecule has 1 rings (SSSR count). The van der Waals surface area contributed by atoms with Gasteiger partial charge >= 0.3 is 0 Å². The molecule has 2 unspecified atom stereocenters. The number of rotatable bonds is 4. The van der Waals surface area contributed by atoms with Gasteiger partial charge in [-0.05, 0) is 19.9 Å². The lowest BCUT2D eigenvalue weighted by Gasteiger charge is -2.27. The van der Waals surface area contributed by atoms with Crippen molar-refractivity contribution in [3.63, 3.8) is 0 Å². The average Bonchev–Trinajstić information content (AvgIpc) is 2.47. The highest BCUT2D eigenvalue weighted by atomic mass is 16.5. The van der Waals surface area contributed by atoms with Crippen molar-refractivity contribution in [1.82, 2.24) is 4.90 Å². The van der Waals surface area contributed by atoms with E-state index in [4.69, 9.17) is 10.5 Å². The summed E-state index contributed by atoms with van der Waals surface area (Å²) < 4.78 is 5.02. The summed E-state index contributed by atoms with van der Waals surface area (Å²) in [5.41, 5.74) is 5.97. The standard InChI is InChI=1S/C9H20N2O/c1-11(6-7-12-2)9-5-3-4-8(9)10/h8-9H,3-7,10H2,1-2H3. The Bertz CT molecular complexity index is 130. The third kappa shape index (κ3) is 2.44. The lowest BCUT2D eigenvalue weighted by atomic mass is 10.1. The van der Waals surface area contributed by atoms with Crippen LogP contribution in [0.3, 0.4) is 0 Å². The van der Waals surface area contributed by atoms with Gasteiger partial charge in [0, 0.05) is 25.7 Å². The van der Waals surface area contributed by atoms with Gasteiger partial charge in [0.15, 0.2) is 0 Å². The Kier molecular flexibility index (Phi) is 3.98. The molecule has 3 nitrogen and oxygen atoms in total. The summed E-state index contributed by atoms with van der Waals surface area (Å²) >= 11 is 0. The smallest absolute Gasteiger partial charge is 0.0589 e. The Morgan fingerprint density at radius 1 is 1.50 bits per heavy atom. The average molecular weight is 172 g/mol. The van der Waals surface area contributed by atoms with Gasteiger partial charge in [-0.15, -0.1) is 0 Å². The molecular weight excluding hydrogens is 152 g/mol. The highest BCUT2D eigenvalue weighted by Crippen LogP contribution is 2.21. The van der Waals surface area contributed by atoms with Crippen molar-refractivity contribution in [2.24, 2.45) is 5.73 Å². The molecule has 0 spiro atoms. The summed E-state index contributed by atoms with van der Waals surface area (Å²) in [6, 6.07) is 0.965. The molecule has 0 radical (unpaired) electrons. The third-order valence-corrected chi connectivity index (χ3v) is 2.75. The lowest BCUT2D eigenvalue weighted by molar-refractivity contribution is 0.135. The second-order valence-electron chi connectivity index (χ2n) is 3.64. The van der Waals surface area contributed by atoms with Crippen LogP contribution in [0, 0.1) is 0 Å². The van der Waals surface area contributed by atoms with Crippen LogP contribution in [0.1, 0.15) is 19.3 Å². The lowest BCUT2D eigenvalue weighted by Crippen LogP contribution is -2.43. The first-order valence-electron chi connectivity index (χ1n) is 4.70. The van der Waals surface area contributed by atoms with Gasteiger partial charge in [-0.1, -0.05) is 6.42 Å². The fourth-order valence-electron chi connectivity index (χ4n) is 1.92. The Labute approximate surface area is 74.9 Å². The number of nitrogens with zero attached hydrogens (tertiary/aromatic N) is 1. The minimum Gasteiger partial charge on any atom is -0.383 e. The van der Waals surface area contributed by atoms with Crippen LogP contribution < -0.4 is 5.73 Å². The second-order valence-corrected chi connectivity index (χ2v) is 3.64. The first-order chi connectivity index (χ1) is 5.75. The fourth-order valence-corrected chi connectivity index (χ4v) is 1.92. The van der Waals surface area contributed by atoms with E-state index in [-0.39, 0.29) is 0 Å². The van der Waals surface area contributed by atoms with Gasteiger partial charge in [0.2, 0.25) is 0 Å². The molecule has 0 aromatic rings. The van der Waals surface area contributed by atoms with Crippen LogP contribution in [-0.2, 0) is 4.74 Å². The molecule has 1 aliphatic rings. The predicted octanol–water partition coefficient (Wildman–Crippen LogP) is 0.444. The molecule has 12 heavy (non-hydrogen) atoms. The molecule has 2 N–H and O–H groups in total. The van der Waals surface area contributed by atoms with E-state index in [2.05, 4.69) is 11.9 Å². The van der Waals surface area contributed by atoms with Gasteiger partial charge in [-0.3, -0.25) is 4.90 Å². The molecule has 0 aliphatic heterocycles. The summed E-state index contributed by atoms with van der Waals surface area (Å²) in [5.74, 6) is 0. The Balaban J connectivity index is 2.25. The summed E-state index contributed by atoms with van der Waals surface area (Å²) in [7, 11) is 3.87. The summed E-state index contributed by atoms with van der Waals surface area (Å²) in [4.78, 5) is 2.32. The van der Waals surface area contributed by atoms with Gasteiger partial charge in [0.25, 0.3) is 0 Å². The molecule has 72 valence electrons. The zero-order valence-electron chi connectivity index (χ0n) is 8.12. The summed E-state index contributed by atoms with van der Waals surface area (Å²) in [6.45, 7) is 1.80. The molecular formula is C9H20N2O. The Hall–Kier alpha value is -0.120. The van der Waals surface area contributed by atoms with Gasteiger partial charge < -0.3 is 10.5 Å². The van der Waals surface area contributed by atoms with E-state index in [1.54, 1.807) is 7.11 Å². The quantitative estimate of drug-likeness (QED) is 0.669. The van der Waals surface area contributed by atoms with Crippen molar-refractivity contribution >= 4 is 0 Å². The number of ether oxygens (including phenoxy) is 1. The van der Waals surface area contributed by atoms with Crippen LogP contribution >= 0.6 is 0 Å². The van der Waals surface area contributed by atoms with Crippen LogP contribution in [0.2, 0.25) is 0 Å². The van der Waals surface area contributed by atoms with E-state index in [1.165, 1.54) is 19.3 Å². The molecule has 1 saturated carbocycles. The van der Waals surface area contributed by atoms with Crippen molar-refractivity contribution in [3.05, 3.63) is 0 Å². The molecule has 0 amide bonds. The van der Waals surface area contributed by atoms with Crippen molar-refractivity contribution in [3.8, 4) is 0 Å². The number of methoxy groups -OCH3 is 1. The molecule has 0 heterocycles. The predicted molar refractivity (Wildman–Crippen MR) is 50.1 cm³/mol. The van der Waals surface area contributed by atoms with Gasteiger partial charge in [-0.2, -0.15) is 0 Å². The normalized spacial score (nSPS) is 30.0. The molecule has 2 atom stereocenters.